The average molecular weight is 386 g/mol. The van der Waals surface area contributed by atoms with Crippen molar-refractivity contribution in [3.05, 3.63) is 48.0 Å². The van der Waals surface area contributed by atoms with E-state index in [0.717, 1.165) is 25.9 Å². The first-order valence-corrected chi connectivity index (χ1v) is 9.55. The topological polar surface area (TPSA) is 63.0 Å². The molecule has 0 aliphatic carbocycles. The van der Waals surface area contributed by atoms with E-state index in [9.17, 15) is 14.0 Å². The summed E-state index contributed by atoms with van der Waals surface area (Å²) in [5.41, 5.74) is 0.294. The first-order chi connectivity index (χ1) is 13.6. The summed E-state index contributed by atoms with van der Waals surface area (Å²) in [6, 6.07) is 8.78. The molecule has 2 aliphatic heterocycles. The number of ether oxygens (including phenoxy) is 1. The lowest BCUT2D eigenvalue weighted by Crippen LogP contribution is -2.46. The van der Waals surface area contributed by atoms with Crippen LogP contribution in [-0.2, 0) is 9.53 Å². The van der Waals surface area contributed by atoms with Crippen LogP contribution < -0.4 is 0 Å². The van der Waals surface area contributed by atoms with Gasteiger partial charge in [0, 0.05) is 33.2 Å². The van der Waals surface area contributed by atoms with Crippen molar-refractivity contribution in [1.82, 2.24) is 9.80 Å². The highest BCUT2D eigenvalue weighted by Crippen LogP contribution is 2.29. The van der Waals surface area contributed by atoms with Crippen LogP contribution in [0.1, 0.15) is 29.8 Å². The minimum absolute atomic E-state index is 0.0358. The van der Waals surface area contributed by atoms with Crippen molar-refractivity contribution in [2.75, 3.05) is 26.7 Å². The Kier molecular flexibility index (Phi) is 5.17. The van der Waals surface area contributed by atoms with Crippen LogP contribution in [0.25, 0.3) is 11.3 Å². The summed E-state index contributed by atoms with van der Waals surface area (Å²) >= 11 is 0. The number of carbonyl (C=O) groups excluding carboxylic acids is 2. The molecule has 0 radical (unpaired) electrons. The molecule has 7 heteroatoms. The number of likely N-dealkylation sites (tertiary alicyclic amines) is 2. The number of methoxy groups -OCH3 is 1. The third kappa shape index (κ3) is 3.42. The quantitative estimate of drug-likeness (QED) is 0.811. The van der Waals surface area contributed by atoms with Gasteiger partial charge >= 0.3 is 0 Å². The molecule has 0 spiro atoms. The fourth-order valence-electron chi connectivity index (χ4n) is 3.98. The minimum atomic E-state index is -0.558. The maximum absolute atomic E-state index is 14.0. The molecular weight excluding hydrogens is 363 g/mol. The lowest BCUT2D eigenvalue weighted by Gasteiger charge is -2.26. The van der Waals surface area contributed by atoms with Gasteiger partial charge in [-0.2, -0.15) is 0 Å². The maximum Gasteiger partial charge on any atom is 0.290 e. The Morgan fingerprint density at radius 1 is 1.14 bits per heavy atom. The first-order valence-electron chi connectivity index (χ1n) is 9.55. The predicted molar refractivity (Wildman–Crippen MR) is 100 cm³/mol. The molecule has 2 aromatic rings. The monoisotopic (exact) mass is 386 g/mol. The van der Waals surface area contributed by atoms with Crippen molar-refractivity contribution >= 4 is 11.8 Å². The van der Waals surface area contributed by atoms with Crippen LogP contribution in [-0.4, -0.2) is 60.5 Å². The van der Waals surface area contributed by atoms with Gasteiger partial charge in [-0.1, -0.05) is 12.1 Å². The van der Waals surface area contributed by atoms with Gasteiger partial charge in [0.25, 0.3) is 5.91 Å². The lowest BCUT2D eigenvalue weighted by atomic mass is 10.1. The van der Waals surface area contributed by atoms with Gasteiger partial charge in [0.2, 0.25) is 5.91 Å². The second-order valence-electron chi connectivity index (χ2n) is 7.24. The molecule has 6 nitrogen and oxygen atoms in total. The van der Waals surface area contributed by atoms with Crippen molar-refractivity contribution < 1.29 is 23.1 Å². The van der Waals surface area contributed by atoms with Gasteiger partial charge in [0.1, 0.15) is 17.6 Å². The highest BCUT2D eigenvalue weighted by Gasteiger charge is 2.43. The van der Waals surface area contributed by atoms with Gasteiger partial charge in [0.15, 0.2) is 5.76 Å². The van der Waals surface area contributed by atoms with E-state index in [1.165, 1.54) is 17.0 Å². The standard InChI is InChI=1S/C21H23FN2O4/c1-27-14-12-17(20(25)23-10-4-5-11-23)24(13-14)21(26)19-9-8-18(28-19)15-6-2-3-7-16(15)22/h2-3,6-9,14,17H,4-5,10-13H2,1H3/t14-,17-/m0/s1. The van der Waals surface area contributed by atoms with Crippen LogP contribution in [0.2, 0.25) is 0 Å². The second-order valence-corrected chi connectivity index (χ2v) is 7.24. The van der Waals surface area contributed by atoms with Crippen LogP contribution in [0.3, 0.4) is 0 Å². The molecular formula is C21H23FN2O4. The second kappa shape index (κ2) is 7.75. The van der Waals surface area contributed by atoms with Crippen molar-refractivity contribution in [1.29, 1.82) is 0 Å². The van der Waals surface area contributed by atoms with E-state index in [1.54, 1.807) is 31.4 Å². The summed E-state index contributed by atoms with van der Waals surface area (Å²) < 4.78 is 25.1. The molecule has 0 saturated carbocycles. The van der Waals surface area contributed by atoms with Crippen molar-refractivity contribution in [2.24, 2.45) is 0 Å². The molecule has 28 heavy (non-hydrogen) atoms. The summed E-state index contributed by atoms with van der Waals surface area (Å²) in [6.45, 7) is 1.79. The van der Waals surface area contributed by atoms with E-state index in [-0.39, 0.29) is 29.4 Å². The highest BCUT2D eigenvalue weighted by atomic mass is 19.1. The molecule has 2 amide bonds. The normalized spacial score (nSPS) is 22.1. The van der Waals surface area contributed by atoms with E-state index >= 15 is 0 Å². The van der Waals surface area contributed by atoms with Crippen molar-refractivity contribution in [2.45, 2.75) is 31.4 Å². The van der Waals surface area contributed by atoms with Crippen LogP contribution in [0.15, 0.2) is 40.8 Å². The number of nitrogens with zero attached hydrogens (tertiary/aromatic N) is 2. The Bertz CT molecular complexity index is 875. The van der Waals surface area contributed by atoms with Gasteiger partial charge < -0.3 is 19.0 Å². The lowest BCUT2D eigenvalue weighted by molar-refractivity contribution is -0.134. The van der Waals surface area contributed by atoms with Crippen LogP contribution in [0, 0.1) is 5.82 Å². The van der Waals surface area contributed by atoms with Crippen molar-refractivity contribution in [3.8, 4) is 11.3 Å². The number of hydrogen-bond donors (Lipinski definition) is 0. The van der Waals surface area contributed by atoms with Gasteiger partial charge in [-0.3, -0.25) is 9.59 Å². The molecule has 1 aromatic carbocycles. The Morgan fingerprint density at radius 3 is 2.61 bits per heavy atom. The molecule has 2 fully saturated rings. The Hall–Kier alpha value is -2.67. The number of halogens is 1. The molecule has 2 saturated heterocycles. The maximum atomic E-state index is 14.0. The SMILES string of the molecule is CO[C@H]1C[C@@H](C(=O)N2CCCC2)N(C(=O)c2ccc(-c3ccccc3F)o2)C1. The summed E-state index contributed by atoms with van der Waals surface area (Å²) in [5.74, 6) is -0.454. The fourth-order valence-corrected chi connectivity index (χ4v) is 3.98. The third-order valence-corrected chi connectivity index (χ3v) is 5.52. The van der Waals surface area contributed by atoms with E-state index < -0.39 is 11.9 Å². The largest absolute Gasteiger partial charge is 0.451 e. The zero-order chi connectivity index (χ0) is 19.7. The molecule has 4 rings (SSSR count). The van der Waals surface area contributed by atoms with E-state index in [4.69, 9.17) is 9.15 Å². The van der Waals surface area contributed by atoms with Gasteiger partial charge in [-0.05, 0) is 37.1 Å². The summed E-state index contributed by atoms with van der Waals surface area (Å²) in [6.07, 6.45) is 2.26. The van der Waals surface area contributed by atoms with Crippen LogP contribution >= 0.6 is 0 Å². The third-order valence-electron chi connectivity index (χ3n) is 5.52. The predicted octanol–water partition coefficient (Wildman–Crippen LogP) is 2.94. The smallest absolute Gasteiger partial charge is 0.290 e. The Morgan fingerprint density at radius 2 is 1.89 bits per heavy atom. The fraction of sp³-hybridized carbons (Fsp3) is 0.429. The molecule has 2 aliphatic rings. The Labute approximate surface area is 162 Å². The van der Waals surface area contributed by atoms with E-state index in [1.807, 2.05) is 4.90 Å². The molecule has 148 valence electrons. The number of hydrogen-bond acceptors (Lipinski definition) is 4. The van der Waals surface area contributed by atoms with Crippen molar-refractivity contribution in [3.63, 3.8) is 0 Å². The number of carbonyl (C=O) groups is 2. The molecule has 3 heterocycles. The number of amides is 2. The van der Waals surface area contributed by atoms with E-state index in [2.05, 4.69) is 0 Å². The van der Waals surface area contributed by atoms with Crippen LogP contribution in [0.5, 0.6) is 0 Å². The zero-order valence-electron chi connectivity index (χ0n) is 15.8. The summed E-state index contributed by atoms with van der Waals surface area (Å²) in [7, 11) is 1.58. The molecule has 0 unspecified atom stereocenters. The molecule has 1 aromatic heterocycles. The highest BCUT2D eigenvalue weighted by molar-refractivity contribution is 5.96. The Balaban J connectivity index is 1.57. The van der Waals surface area contributed by atoms with Gasteiger partial charge in [0.05, 0.1) is 11.7 Å². The van der Waals surface area contributed by atoms with Crippen LogP contribution in [0.4, 0.5) is 4.39 Å². The summed E-state index contributed by atoms with van der Waals surface area (Å²) in [5, 5.41) is 0. The zero-order valence-corrected chi connectivity index (χ0v) is 15.8. The number of rotatable bonds is 4. The number of furan rings is 1. The molecule has 2 atom stereocenters. The average Bonchev–Trinajstić information content (AvgIpc) is 3.47. The van der Waals surface area contributed by atoms with Gasteiger partial charge in [-0.25, -0.2) is 4.39 Å². The summed E-state index contributed by atoms with van der Waals surface area (Å²) in [4.78, 5) is 29.3. The molecule has 0 bridgehead atoms. The molecule has 0 N–H and O–H groups in total. The van der Waals surface area contributed by atoms with E-state index in [0.29, 0.717) is 18.5 Å². The minimum Gasteiger partial charge on any atom is -0.451 e. The number of benzene rings is 1. The van der Waals surface area contributed by atoms with Gasteiger partial charge in [-0.15, -0.1) is 0 Å². The first kappa shape index (κ1) is 18.7.